The number of nitrogens with one attached hydrogen (secondary N) is 2. The van der Waals surface area contributed by atoms with Gasteiger partial charge in [0.1, 0.15) is 16.9 Å². The second-order valence-electron chi connectivity index (χ2n) is 8.16. The van der Waals surface area contributed by atoms with E-state index in [1.165, 1.54) is 5.56 Å². The number of amides is 1. The van der Waals surface area contributed by atoms with Gasteiger partial charge in [-0.15, -0.1) is 0 Å². The molecule has 166 valence electrons. The average Bonchev–Trinajstić information content (AvgIpc) is 3.16. The van der Waals surface area contributed by atoms with Crippen molar-refractivity contribution in [3.05, 3.63) is 72.3 Å². The second kappa shape index (κ2) is 9.42. The highest BCUT2D eigenvalue weighted by atomic mass is 16.5. The first kappa shape index (κ1) is 21.9. The van der Waals surface area contributed by atoms with Crippen molar-refractivity contribution in [1.29, 1.82) is 0 Å². The molecular weight excluding hydrogens is 402 g/mol. The standard InChI is InChI=1S/C26H29N3O3/c1-17(27-16-22(29(2)3)18-10-6-5-7-11-18)26(30)28-21-15-24-20(14-25(21)31-4)19-12-8-9-13-23(19)32-24/h5-15,17,22,27H,16H2,1-4H3,(H,28,30)/t17-,22-/m0/s1. The molecular formula is C26H29N3O3. The molecule has 4 aromatic rings. The Hall–Kier alpha value is -3.35. The van der Waals surface area contributed by atoms with Crippen LogP contribution in [0, 0.1) is 0 Å². The minimum atomic E-state index is -0.391. The van der Waals surface area contributed by atoms with Gasteiger partial charge in [0, 0.05) is 29.4 Å². The monoisotopic (exact) mass is 431 g/mol. The van der Waals surface area contributed by atoms with Crippen molar-refractivity contribution in [3.63, 3.8) is 0 Å². The summed E-state index contributed by atoms with van der Waals surface area (Å²) >= 11 is 0. The summed E-state index contributed by atoms with van der Waals surface area (Å²) < 4.78 is 11.5. The number of carbonyl (C=O) groups is 1. The van der Waals surface area contributed by atoms with E-state index in [2.05, 4.69) is 27.7 Å². The van der Waals surface area contributed by atoms with Crippen molar-refractivity contribution in [2.45, 2.75) is 19.0 Å². The van der Waals surface area contributed by atoms with Crippen molar-refractivity contribution in [3.8, 4) is 5.75 Å². The summed E-state index contributed by atoms with van der Waals surface area (Å²) in [6.07, 6.45) is 0. The van der Waals surface area contributed by atoms with E-state index in [4.69, 9.17) is 9.15 Å². The zero-order valence-corrected chi connectivity index (χ0v) is 18.9. The summed E-state index contributed by atoms with van der Waals surface area (Å²) in [6.45, 7) is 2.50. The van der Waals surface area contributed by atoms with Crippen LogP contribution >= 0.6 is 0 Å². The number of carbonyl (C=O) groups excluding carboxylic acids is 1. The molecule has 1 aromatic heterocycles. The summed E-state index contributed by atoms with van der Waals surface area (Å²) in [7, 11) is 5.68. The molecule has 32 heavy (non-hydrogen) atoms. The molecule has 0 aliphatic rings. The molecule has 0 aliphatic heterocycles. The Bertz CT molecular complexity index is 1220. The van der Waals surface area contributed by atoms with Crippen LogP contribution in [0.25, 0.3) is 21.9 Å². The van der Waals surface area contributed by atoms with Gasteiger partial charge in [-0.3, -0.25) is 4.79 Å². The molecule has 6 nitrogen and oxygen atoms in total. The van der Waals surface area contributed by atoms with Crippen LogP contribution in [0.1, 0.15) is 18.5 Å². The van der Waals surface area contributed by atoms with Crippen LogP contribution in [0.2, 0.25) is 0 Å². The van der Waals surface area contributed by atoms with Crippen molar-refractivity contribution in [2.75, 3.05) is 33.1 Å². The minimum Gasteiger partial charge on any atom is -0.495 e. The summed E-state index contributed by atoms with van der Waals surface area (Å²) in [5, 5.41) is 8.33. The fourth-order valence-corrected chi connectivity index (χ4v) is 3.91. The molecule has 0 radical (unpaired) electrons. The molecule has 0 bridgehead atoms. The predicted octanol–water partition coefficient (Wildman–Crippen LogP) is 4.81. The van der Waals surface area contributed by atoms with E-state index in [9.17, 15) is 4.79 Å². The Kier molecular flexibility index (Phi) is 6.44. The molecule has 0 aliphatic carbocycles. The largest absolute Gasteiger partial charge is 0.495 e. The third-order valence-electron chi connectivity index (χ3n) is 5.78. The lowest BCUT2D eigenvalue weighted by Gasteiger charge is -2.26. The van der Waals surface area contributed by atoms with E-state index < -0.39 is 6.04 Å². The lowest BCUT2D eigenvalue weighted by molar-refractivity contribution is -0.117. The lowest BCUT2D eigenvalue weighted by atomic mass is 10.1. The van der Waals surface area contributed by atoms with Gasteiger partial charge in [-0.2, -0.15) is 0 Å². The van der Waals surface area contributed by atoms with Gasteiger partial charge in [0.2, 0.25) is 5.91 Å². The average molecular weight is 432 g/mol. The molecule has 0 fully saturated rings. The summed E-state index contributed by atoms with van der Waals surface area (Å²) in [6, 6.07) is 21.6. The van der Waals surface area contributed by atoms with Crippen LogP contribution in [0.5, 0.6) is 5.75 Å². The van der Waals surface area contributed by atoms with Crippen molar-refractivity contribution in [2.24, 2.45) is 0 Å². The molecule has 0 saturated heterocycles. The van der Waals surface area contributed by atoms with Crippen LogP contribution in [-0.4, -0.2) is 44.6 Å². The molecule has 1 amide bonds. The quantitative estimate of drug-likeness (QED) is 0.419. The maximum atomic E-state index is 12.9. The number of benzene rings is 3. The Labute approximate surface area is 188 Å². The number of likely N-dealkylation sites (N-methyl/N-ethyl adjacent to an activating group) is 1. The van der Waals surface area contributed by atoms with Gasteiger partial charge in [0.15, 0.2) is 0 Å². The highest BCUT2D eigenvalue weighted by Crippen LogP contribution is 2.36. The van der Waals surface area contributed by atoms with Gasteiger partial charge in [-0.05, 0) is 38.7 Å². The highest BCUT2D eigenvalue weighted by molar-refractivity contribution is 6.08. The molecule has 0 spiro atoms. The molecule has 0 unspecified atom stereocenters. The molecule has 2 atom stereocenters. The minimum absolute atomic E-state index is 0.135. The highest BCUT2D eigenvalue weighted by Gasteiger charge is 2.20. The van der Waals surface area contributed by atoms with Crippen LogP contribution in [0.4, 0.5) is 5.69 Å². The number of hydrogen-bond acceptors (Lipinski definition) is 5. The Morgan fingerprint density at radius 1 is 1.00 bits per heavy atom. The number of nitrogens with zero attached hydrogens (tertiary/aromatic N) is 1. The zero-order valence-electron chi connectivity index (χ0n) is 18.9. The molecule has 1 heterocycles. The van der Waals surface area contributed by atoms with Crippen molar-refractivity contribution >= 4 is 33.5 Å². The number of ether oxygens (including phenoxy) is 1. The van der Waals surface area contributed by atoms with Gasteiger partial charge in [-0.25, -0.2) is 0 Å². The maximum absolute atomic E-state index is 12.9. The van der Waals surface area contributed by atoms with E-state index in [1.807, 2.05) is 75.6 Å². The summed E-state index contributed by atoms with van der Waals surface area (Å²) in [4.78, 5) is 15.1. The number of rotatable bonds is 8. The third-order valence-corrected chi connectivity index (χ3v) is 5.78. The van der Waals surface area contributed by atoms with Crippen LogP contribution < -0.4 is 15.4 Å². The molecule has 6 heteroatoms. The lowest BCUT2D eigenvalue weighted by Crippen LogP contribution is -2.42. The molecule has 2 N–H and O–H groups in total. The summed E-state index contributed by atoms with van der Waals surface area (Å²) in [5.41, 5.74) is 3.30. The first-order valence-corrected chi connectivity index (χ1v) is 10.7. The van der Waals surface area contributed by atoms with Crippen LogP contribution in [0.3, 0.4) is 0 Å². The van der Waals surface area contributed by atoms with E-state index in [1.54, 1.807) is 7.11 Å². The van der Waals surface area contributed by atoms with Crippen LogP contribution in [-0.2, 0) is 4.79 Å². The Morgan fingerprint density at radius 2 is 1.72 bits per heavy atom. The Morgan fingerprint density at radius 3 is 2.44 bits per heavy atom. The third kappa shape index (κ3) is 4.47. The van der Waals surface area contributed by atoms with E-state index in [0.29, 0.717) is 23.6 Å². The van der Waals surface area contributed by atoms with E-state index >= 15 is 0 Å². The smallest absolute Gasteiger partial charge is 0.241 e. The van der Waals surface area contributed by atoms with Gasteiger partial charge >= 0.3 is 0 Å². The van der Waals surface area contributed by atoms with E-state index in [0.717, 1.165) is 16.4 Å². The van der Waals surface area contributed by atoms with Crippen molar-refractivity contribution < 1.29 is 13.9 Å². The number of anilines is 1. The first-order valence-electron chi connectivity index (χ1n) is 10.7. The normalized spacial score (nSPS) is 13.4. The first-order chi connectivity index (χ1) is 15.5. The maximum Gasteiger partial charge on any atom is 0.241 e. The number of methoxy groups -OCH3 is 1. The number of hydrogen-bond donors (Lipinski definition) is 2. The zero-order chi connectivity index (χ0) is 22.7. The molecule has 0 saturated carbocycles. The Balaban J connectivity index is 1.49. The van der Waals surface area contributed by atoms with Crippen LogP contribution in [0.15, 0.2) is 71.1 Å². The summed E-state index contributed by atoms with van der Waals surface area (Å²) in [5.74, 6) is 0.462. The fraction of sp³-hybridized carbons (Fsp3) is 0.269. The van der Waals surface area contributed by atoms with Crippen molar-refractivity contribution in [1.82, 2.24) is 10.2 Å². The number of furan rings is 1. The van der Waals surface area contributed by atoms with Gasteiger partial charge < -0.3 is 24.7 Å². The number of fused-ring (bicyclic) bond motifs is 3. The molecule has 4 rings (SSSR count). The SMILES string of the molecule is COc1cc2c(cc1NC(=O)[C@H](C)NC[C@@H](c1ccccc1)N(C)C)oc1ccccc12. The second-order valence-corrected chi connectivity index (χ2v) is 8.16. The molecule has 3 aromatic carbocycles. The topological polar surface area (TPSA) is 66.7 Å². The predicted molar refractivity (Wildman–Crippen MR) is 129 cm³/mol. The van der Waals surface area contributed by atoms with Gasteiger partial charge in [0.05, 0.1) is 18.8 Å². The van der Waals surface area contributed by atoms with Gasteiger partial charge in [0.25, 0.3) is 0 Å². The van der Waals surface area contributed by atoms with E-state index in [-0.39, 0.29) is 11.9 Å². The fourth-order valence-electron chi connectivity index (χ4n) is 3.91. The number of para-hydroxylation sites is 1. The van der Waals surface area contributed by atoms with Gasteiger partial charge in [-0.1, -0.05) is 48.5 Å².